The molecule has 8 nitrogen and oxygen atoms in total. The zero-order chi connectivity index (χ0) is 24.6. The van der Waals surface area contributed by atoms with Gasteiger partial charge in [0.15, 0.2) is 0 Å². The number of nitriles is 1. The van der Waals surface area contributed by atoms with E-state index in [9.17, 15) is 20.2 Å². The Balaban J connectivity index is 1.42. The smallest absolute Gasteiger partial charge is 0.280 e. The van der Waals surface area contributed by atoms with Gasteiger partial charge in [-0.3, -0.25) is 14.9 Å². The third kappa shape index (κ3) is 5.80. The van der Waals surface area contributed by atoms with Gasteiger partial charge in [-0.2, -0.15) is 5.26 Å². The molecule has 0 radical (unpaired) electrons. The van der Waals surface area contributed by atoms with Gasteiger partial charge in [-0.25, -0.2) is 0 Å². The third-order valence-electron chi connectivity index (χ3n) is 5.01. The first-order valence-corrected chi connectivity index (χ1v) is 10.6. The van der Waals surface area contributed by atoms with E-state index in [1.807, 2.05) is 36.4 Å². The lowest BCUT2D eigenvalue weighted by Crippen LogP contribution is -2.13. The number of nitrogens with zero attached hydrogens (tertiary/aromatic N) is 2. The van der Waals surface area contributed by atoms with Crippen LogP contribution in [0.5, 0.6) is 5.75 Å². The molecule has 0 saturated carbocycles. The van der Waals surface area contributed by atoms with Gasteiger partial charge >= 0.3 is 0 Å². The number of ether oxygens (including phenoxy) is 1. The number of nitro groups is 1. The summed E-state index contributed by atoms with van der Waals surface area (Å²) in [5.74, 6) is 0.497. The number of anilines is 1. The zero-order valence-electron chi connectivity index (χ0n) is 18.4. The van der Waals surface area contributed by atoms with Crippen molar-refractivity contribution in [2.24, 2.45) is 0 Å². The highest BCUT2D eigenvalue weighted by Gasteiger charge is 2.17. The molecule has 1 heterocycles. The Kier molecular flexibility index (Phi) is 6.99. The minimum Gasteiger partial charge on any atom is -0.489 e. The van der Waals surface area contributed by atoms with Crippen molar-refractivity contribution in [1.82, 2.24) is 0 Å². The van der Waals surface area contributed by atoms with Crippen molar-refractivity contribution < 1.29 is 18.9 Å². The average Bonchev–Trinajstić information content (AvgIpc) is 3.36. The van der Waals surface area contributed by atoms with Crippen LogP contribution in [0.1, 0.15) is 11.3 Å². The minimum absolute atomic E-state index is 0.105. The Morgan fingerprint density at radius 2 is 1.71 bits per heavy atom. The molecule has 35 heavy (non-hydrogen) atoms. The van der Waals surface area contributed by atoms with Crippen molar-refractivity contribution in [3.8, 4) is 23.1 Å². The first-order chi connectivity index (χ1) is 17.0. The molecular weight excluding hydrogens is 446 g/mol. The molecule has 1 N–H and O–H groups in total. The fourth-order valence-electron chi connectivity index (χ4n) is 3.28. The number of furan rings is 1. The van der Waals surface area contributed by atoms with Gasteiger partial charge in [0.1, 0.15) is 35.5 Å². The van der Waals surface area contributed by atoms with Gasteiger partial charge in [-0.1, -0.05) is 42.5 Å². The average molecular weight is 465 g/mol. The number of amides is 1. The van der Waals surface area contributed by atoms with Gasteiger partial charge in [-0.05, 0) is 48.0 Å². The van der Waals surface area contributed by atoms with Crippen molar-refractivity contribution in [2.45, 2.75) is 6.61 Å². The summed E-state index contributed by atoms with van der Waals surface area (Å²) in [6, 6.07) is 27.6. The number of hydrogen-bond acceptors (Lipinski definition) is 6. The summed E-state index contributed by atoms with van der Waals surface area (Å²) in [4.78, 5) is 23.4. The van der Waals surface area contributed by atoms with E-state index in [1.165, 1.54) is 18.2 Å². The lowest BCUT2D eigenvalue weighted by atomic mass is 10.1. The molecular formula is C27H19N3O5. The predicted molar refractivity (Wildman–Crippen MR) is 130 cm³/mol. The fourth-order valence-corrected chi connectivity index (χ4v) is 3.28. The highest BCUT2D eigenvalue weighted by atomic mass is 16.6. The van der Waals surface area contributed by atoms with Crippen LogP contribution in [0.15, 0.2) is 101 Å². The number of benzene rings is 3. The van der Waals surface area contributed by atoms with Crippen molar-refractivity contribution in [3.63, 3.8) is 0 Å². The Morgan fingerprint density at radius 3 is 2.43 bits per heavy atom. The highest BCUT2D eigenvalue weighted by Crippen LogP contribution is 2.31. The van der Waals surface area contributed by atoms with Crippen molar-refractivity contribution >= 4 is 23.4 Å². The SMILES string of the molecule is N#C/C(=C\c1ccc(-c2ccccc2[N+](=O)[O-])o1)C(=O)Nc1ccc(OCc2ccccc2)cc1. The van der Waals surface area contributed by atoms with E-state index < -0.39 is 10.8 Å². The number of carbonyl (C=O) groups is 1. The summed E-state index contributed by atoms with van der Waals surface area (Å²) in [5, 5.41) is 23.4. The van der Waals surface area contributed by atoms with E-state index in [2.05, 4.69) is 5.32 Å². The number of nitrogens with one attached hydrogen (secondary N) is 1. The van der Waals surface area contributed by atoms with Gasteiger partial charge in [0.2, 0.25) is 0 Å². The number of hydrogen-bond donors (Lipinski definition) is 1. The van der Waals surface area contributed by atoms with E-state index in [0.717, 1.165) is 5.56 Å². The van der Waals surface area contributed by atoms with Gasteiger partial charge in [0, 0.05) is 17.8 Å². The monoisotopic (exact) mass is 465 g/mol. The molecule has 0 aliphatic heterocycles. The molecule has 0 aliphatic carbocycles. The van der Waals surface area contributed by atoms with Crippen LogP contribution in [0.2, 0.25) is 0 Å². The van der Waals surface area contributed by atoms with Crippen molar-refractivity contribution in [2.75, 3.05) is 5.32 Å². The molecule has 8 heteroatoms. The second kappa shape index (κ2) is 10.6. The van der Waals surface area contributed by atoms with E-state index in [-0.39, 0.29) is 22.8 Å². The highest BCUT2D eigenvalue weighted by molar-refractivity contribution is 6.09. The minimum atomic E-state index is -0.617. The fraction of sp³-hybridized carbons (Fsp3) is 0.0370. The predicted octanol–water partition coefficient (Wildman–Crippen LogP) is 5.98. The Morgan fingerprint density at radius 1 is 1.00 bits per heavy atom. The summed E-state index contributed by atoms with van der Waals surface area (Å²) in [6.45, 7) is 0.422. The van der Waals surface area contributed by atoms with Crippen molar-refractivity contribution in [1.29, 1.82) is 5.26 Å². The normalized spacial score (nSPS) is 10.9. The number of rotatable bonds is 8. The topological polar surface area (TPSA) is 118 Å². The molecule has 1 amide bonds. The van der Waals surface area contributed by atoms with Crippen LogP contribution in [-0.2, 0) is 11.4 Å². The molecule has 4 aromatic rings. The first-order valence-electron chi connectivity index (χ1n) is 10.6. The summed E-state index contributed by atoms with van der Waals surface area (Å²) in [5.41, 5.74) is 1.54. The van der Waals surface area contributed by atoms with Crippen LogP contribution in [0.3, 0.4) is 0 Å². The third-order valence-corrected chi connectivity index (χ3v) is 5.01. The molecule has 0 fully saturated rings. The standard InChI is InChI=1S/C27H19N3O5/c28-17-20(16-23-14-15-26(35-23)24-8-4-5-9-25(24)30(32)33)27(31)29-21-10-12-22(13-11-21)34-18-19-6-2-1-3-7-19/h1-16H,18H2,(H,29,31)/b20-16+. The van der Waals surface area contributed by atoms with Gasteiger partial charge in [0.05, 0.1) is 10.5 Å². The summed E-state index contributed by atoms with van der Waals surface area (Å²) >= 11 is 0. The molecule has 0 saturated heterocycles. The molecule has 0 aliphatic rings. The molecule has 0 spiro atoms. The lowest BCUT2D eigenvalue weighted by molar-refractivity contribution is -0.384. The Labute approximate surface area is 200 Å². The van der Waals surface area contributed by atoms with Crippen LogP contribution >= 0.6 is 0 Å². The second-order valence-corrected chi connectivity index (χ2v) is 7.40. The lowest BCUT2D eigenvalue weighted by Gasteiger charge is -2.08. The first kappa shape index (κ1) is 23.0. The molecule has 0 bridgehead atoms. The van der Waals surface area contributed by atoms with Gasteiger partial charge in [-0.15, -0.1) is 0 Å². The molecule has 1 aromatic heterocycles. The van der Waals surface area contributed by atoms with Crippen LogP contribution in [0.25, 0.3) is 17.4 Å². The Hall–Kier alpha value is -5.16. The van der Waals surface area contributed by atoms with E-state index in [4.69, 9.17) is 9.15 Å². The number of para-hydroxylation sites is 1. The molecule has 0 unspecified atom stereocenters. The van der Waals surface area contributed by atoms with Crippen molar-refractivity contribution in [3.05, 3.63) is 118 Å². The largest absolute Gasteiger partial charge is 0.489 e. The molecule has 0 atom stereocenters. The van der Waals surface area contributed by atoms with E-state index in [0.29, 0.717) is 23.6 Å². The maximum absolute atomic E-state index is 12.6. The van der Waals surface area contributed by atoms with Gasteiger partial charge < -0.3 is 14.5 Å². The second-order valence-electron chi connectivity index (χ2n) is 7.40. The van der Waals surface area contributed by atoms with Crippen LogP contribution in [0, 0.1) is 21.4 Å². The maximum Gasteiger partial charge on any atom is 0.280 e. The summed E-state index contributed by atoms with van der Waals surface area (Å²) in [6.07, 6.45) is 1.28. The summed E-state index contributed by atoms with van der Waals surface area (Å²) < 4.78 is 11.4. The maximum atomic E-state index is 12.6. The quantitative estimate of drug-likeness (QED) is 0.148. The number of nitro benzene ring substituents is 1. The van der Waals surface area contributed by atoms with Crippen LogP contribution in [-0.4, -0.2) is 10.8 Å². The zero-order valence-corrected chi connectivity index (χ0v) is 18.4. The van der Waals surface area contributed by atoms with E-state index in [1.54, 1.807) is 48.5 Å². The van der Waals surface area contributed by atoms with Crippen LogP contribution in [0.4, 0.5) is 11.4 Å². The van der Waals surface area contributed by atoms with Gasteiger partial charge in [0.25, 0.3) is 11.6 Å². The molecule has 3 aromatic carbocycles. The Bertz CT molecular complexity index is 1420. The van der Waals surface area contributed by atoms with E-state index >= 15 is 0 Å². The molecule has 172 valence electrons. The summed E-state index contributed by atoms with van der Waals surface area (Å²) in [7, 11) is 0. The van der Waals surface area contributed by atoms with Crippen LogP contribution < -0.4 is 10.1 Å². The molecule has 4 rings (SSSR count). The number of carbonyl (C=O) groups excluding carboxylic acids is 1.